The highest BCUT2D eigenvalue weighted by Crippen LogP contribution is 2.54. The number of rotatable bonds is 2. The Balaban J connectivity index is 1.81. The molecule has 0 radical (unpaired) electrons. The van der Waals surface area contributed by atoms with Gasteiger partial charge in [0.25, 0.3) is 0 Å². The molecule has 1 saturated carbocycles. The molecule has 1 aromatic rings. The number of hydrogen-bond acceptors (Lipinski definition) is 2. The summed E-state index contributed by atoms with van der Waals surface area (Å²) in [5.41, 5.74) is 4.52. The van der Waals surface area contributed by atoms with E-state index in [0.717, 1.165) is 30.9 Å². The van der Waals surface area contributed by atoms with Gasteiger partial charge < -0.3 is 10.4 Å². The molecule has 2 bridgehead atoms. The third-order valence-corrected chi connectivity index (χ3v) is 6.47. The van der Waals surface area contributed by atoms with E-state index >= 15 is 0 Å². The molecule has 4 rings (SSSR count). The molecule has 0 unspecified atom stereocenters. The quantitative estimate of drug-likeness (QED) is 0.867. The second kappa shape index (κ2) is 5.26. The highest BCUT2D eigenvalue weighted by Gasteiger charge is 2.51. The topological polar surface area (TPSA) is 32.3 Å². The van der Waals surface area contributed by atoms with Crippen molar-refractivity contribution in [3.05, 3.63) is 28.8 Å². The highest BCUT2D eigenvalue weighted by molar-refractivity contribution is 5.49. The van der Waals surface area contributed by atoms with Crippen LogP contribution in [-0.4, -0.2) is 17.7 Å². The van der Waals surface area contributed by atoms with Crippen LogP contribution in [0, 0.1) is 11.8 Å². The third-order valence-electron chi connectivity index (χ3n) is 6.47. The summed E-state index contributed by atoms with van der Waals surface area (Å²) < 4.78 is 0. The van der Waals surface area contributed by atoms with Crippen molar-refractivity contribution in [2.24, 2.45) is 11.8 Å². The lowest BCUT2D eigenvalue weighted by molar-refractivity contribution is 0.0795. The third kappa shape index (κ3) is 2.11. The van der Waals surface area contributed by atoms with E-state index in [-0.39, 0.29) is 0 Å². The van der Waals surface area contributed by atoms with Gasteiger partial charge in [0, 0.05) is 11.5 Å². The van der Waals surface area contributed by atoms with Gasteiger partial charge in [0.15, 0.2) is 0 Å². The van der Waals surface area contributed by atoms with E-state index in [0.29, 0.717) is 23.1 Å². The molecule has 1 saturated heterocycles. The summed E-state index contributed by atoms with van der Waals surface area (Å²) in [5.74, 6) is 1.92. The van der Waals surface area contributed by atoms with Crippen LogP contribution in [0.25, 0.3) is 0 Å². The van der Waals surface area contributed by atoms with E-state index in [9.17, 15) is 5.11 Å². The Morgan fingerprint density at radius 2 is 2.14 bits per heavy atom. The fraction of sp³-hybridized carbons (Fsp3) is 0.700. The molecule has 0 spiro atoms. The van der Waals surface area contributed by atoms with Crippen LogP contribution >= 0.6 is 0 Å². The Morgan fingerprint density at radius 1 is 1.27 bits per heavy atom. The molecule has 1 heterocycles. The van der Waals surface area contributed by atoms with E-state index in [4.69, 9.17) is 0 Å². The van der Waals surface area contributed by atoms with Crippen molar-refractivity contribution in [3.63, 3.8) is 0 Å². The molecule has 1 aliphatic heterocycles. The summed E-state index contributed by atoms with van der Waals surface area (Å²) in [6.07, 6.45) is 8.83. The Labute approximate surface area is 134 Å². The summed E-state index contributed by atoms with van der Waals surface area (Å²) in [4.78, 5) is 0. The monoisotopic (exact) mass is 299 g/mol. The van der Waals surface area contributed by atoms with Gasteiger partial charge in [-0.1, -0.05) is 32.8 Å². The van der Waals surface area contributed by atoms with Crippen molar-refractivity contribution in [2.75, 3.05) is 6.54 Å². The number of hydrogen-bond donors (Lipinski definition) is 2. The smallest absolute Gasteiger partial charge is 0.119 e. The SMILES string of the molecule is CC(C)Cc1cc2c(cc1O)[C@@]13CCCC[C@H]1[C@@H](C2)NCC3. The zero-order valence-corrected chi connectivity index (χ0v) is 14.0. The summed E-state index contributed by atoms with van der Waals surface area (Å²) in [5, 5.41) is 14.4. The van der Waals surface area contributed by atoms with Crippen molar-refractivity contribution in [3.8, 4) is 5.75 Å². The number of piperidine rings is 1. The van der Waals surface area contributed by atoms with E-state index in [1.807, 2.05) is 0 Å². The lowest BCUT2D eigenvalue weighted by Crippen LogP contribution is -2.59. The zero-order valence-electron chi connectivity index (χ0n) is 14.0. The molecule has 0 amide bonds. The maximum absolute atomic E-state index is 10.6. The average molecular weight is 299 g/mol. The van der Waals surface area contributed by atoms with Crippen LogP contribution in [0.5, 0.6) is 5.75 Å². The molecule has 2 N–H and O–H groups in total. The standard InChI is InChI=1S/C20H29NO/c1-13(2)9-15-10-14-11-18-16-5-3-4-6-20(16,7-8-21-18)17(14)12-19(15)22/h10,12-13,16,18,21-22H,3-9,11H2,1-2H3/t16-,18+,20+/m0/s1. The summed E-state index contributed by atoms with van der Waals surface area (Å²) in [6.45, 7) is 5.60. The minimum atomic E-state index is 0.357. The molecule has 2 fully saturated rings. The minimum absolute atomic E-state index is 0.357. The van der Waals surface area contributed by atoms with E-state index in [2.05, 4.69) is 31.3 Å². The van der Waals surface area contributed by atoms with Gasteiger partial charge in [-0.05, 0) is 73.2 Å². The maximum Gasteiger partial charge on any atom is 0.119 e. The molecule has 2 aliphatic carbocycles. The van der Waals surface area contributed by atoms with Gasteiger partial charge in [-0.2, -0.15) is 0 Å². The van der Waals surface area contributed by atoms with Crippen LogP contribution in [0.1, 0.15) is 62.6 Å². The average Bonchev–Trinajstić information content (AvgIpc) is 2.49. The molecule has 0 aromatic heterocycles. The molecular formula is C20H29NO. The first-order valence-electron chi connectivity index (χ1n) is 9.19. The van der Waals surface area contributed by atoms with Crippen LogP contribution in [0.4, 0.5) is 0 Å². The Hall–Kier alpha value is -1.02. The first-order valence-corrected chi connectivity index (χ1v) is 9.19. The molecule has 2 heteroatoms. The number of phenolic OH excluding ortho intramolecular Hbond substituents is 1. The first kappa shape index (κ1) is 14.6. The van der Waals surface area contributed by atoms with E-state index in [1.165, 1.54) is 43.2 Å². The van der Waals surface area contributed by atoms with E-state index < -0.39 is 0 Å². The van der Waals surface area contributed by atoms with Crippen molar-refractivity contribution >= 4 is 0 Å². The van der Waals surface area contributed by atoms with Gasteiger partial charge >= 0.3 is 0 Å². The van der Waals surface area contributed by atoms with Crippen LogP contribution in [0.3, 0.4) is 0 Å². The Kier molecular flexibility index (Phi) is 3.48. The van der Waals surface area contributed by atoms with Gasteiger partial charge in [0.05, 0.1) is 0 Å². The maximum atomic E-state index is 10.6. The molecule has 2 nitrogen and oxygen atoms in total. The zero-order chi connectivity index (χ0) is 15.3. The van der Waals surface area contributed by atoms with Crippen LogP contribution in [0.15, 0.2) is 12.1 Å². The number of nitrogens with one attached hydrogen (secondary N) is 1. The fourth-order valence-electron chi connectivity index (χ4n) is 5.63. The predicted molar refractivity (Wildman–Crippen MR) is 90.4 cm³/mol. The predicted octanol–water partition coefficient (Wildman–Crippen LogP) is 3.94. The lowest BCUT2D eigenvalue weighted by Gasteiger charge is -2.56. The van der Waals surface area contributed by atoms with Gasteiger partial charge in [-0.25, -0.2) is 0 Å². The largest absolute Gasteiger partial charge is 0.508 e. The molecule has 22 heavy (non-hydrogen) atoms. The van der Waals surface area contributed by atoms with E-state index in [1.54, 1.807) is 0 Å². The van der Waals surface area contributed by atoms with Crippen molar-refractivity contribution in [2.45, 2.75) is 70.3 Å². The lowest BCUT2D eigenvalue weighted by atomic mass is 9.52. The van der Waals surface area contributed by atoms with Crippen LogP contribution in [0.2, 0.25) is 0 Å². The van der Waals surface area contributed by atoms with Crippen molar-refractivity contribution < 1.29 is 5.11 Å². The molecule has 1 aromatic carbocycles. The molecular weight excluding hydrogens is 270 g/mol. The fourth-order valence-corrected chi connectivity index (χ4v) is 5.63. The van der Waals surface area contributed by atoms with Crippen molar-refractivity contribution in [1.82, 2.24) is 5.32 Å². The molecule has 3 atom stereocenters. The van der Waals surface area contributed by atoms with Gasteiger partial charge in [0.1, 0.15) is 5.75 Å². The van der Waals surface area contributed by atoms with Crippen LogP contribution < -0.4 is 5.32 Å². The molecule has 120 valence electrons. The van der Waals surface area contributed by atoms with Crippen LogP contribution in [-0.2, 0) is 18.3 Å². The number of fused-ring (bicyclic) bond motifs is 1. The normalized spacial score (nSPS) is 33.4. The number of aromatic hydroxyl groups is 1. The number of phenols is 1. The molecule has 3 aliphatic rings. The highest BCUT2D eigenvalue weighted by atomic mass is 16.3. The second-order valence-corrected chi connectivity index (χ2v) is 8.26. The van der Waals surface area contributed by atoms with Gasteiger partial charge in [-0.3, -0.25) is 0 Å². The second-order valence-electron chi connectivity index (χ2n) is 8.26. The summed E-state index contributed by atoms with van der Waals surface area (Å²) in [7, 11) is 0. The summed E-state index contributed by atoms with van der Waals surface area (Å²) >= 11 is 0. The first-order chi connectivity index (χ1) is 10.6. The summed E-state index contributed by atoms with van der Waals surface area (Å²) in [6, 6.07) is 5.16. The number of benzene rings is 1. The van der Waals surface area contributed by atoms with Gasteiger partial charge in [-0.15, -0.1) is 0 Å². The van der Waals surface area contributed by atoms with Crippen molar-refractivity contribution in [1.29, 1.82) is 0 Å². The Bertz CT molecular complexity index is 575. The minimum Gasteiger partial charge on any atom is -0.508 e. The Morgan fingerprint density at radius 3 is 2.95 bits per heavy atom. The van der Waals surface area contributed by atoms with Gasteiger partial charge in [0.2, 0.25) is 0 Å².